The van der Waals surface area contributed by atoms with Crippen molar-refractivity contribution >= 4 is 5.91 Å². The fraction of sp³-hybridized carbons (Fsp3) is 0.857. The van der Waals surface area contributed by atoms with E-state index in [1.165, 1.54) is 12.8 Å². The summed E-state index contributed by atoms with van der Waals surface area (Å²) in [6, 6.07) is 0.565. The maximum atomic E-state index is 10.8. The van der Waals surface area contributed by atoms with Crippen molar-refractivity contribution in [2.24, 2.45) is 0 Å². The van der Waals surface area contributed by atoms with Crippen LogP contribution in [-0.4, -0.2) is 36.8 Å². The zero-order chi connectivity index (χ0) is 8.10. The van der Waals surface area contributed by atoms with Gasteiger partial charge >= 0.3 is 0 Å². The molecule has 0 aromatic heterocycles. The zero-order valence-corrected chi connectivity index (χ0v) is 6.47. The van der Waals surface area contributed by atoms with Gasteiger partial charge in [-0.25, -0.2) is 0 Å². The van der Waals surface area contributed by atoms with Crippen LogP contribution in [0, 0.1) is 0 Å². The summed E-state index contributed by atoms with van der Waals surface area (Å²) in [5, 5.41) is 14.0. The van der Waals surface area contributed by atoms with Crippen LogP contribution in [0.5, 0.6) is 0 Å². The van der Waals surface area contributed by atoms with Crippen LogP contribution >= 0.6 is 0 Å². The summed E-state index contributed by atoms with van der Waals surface area (Å²) in [5.74, 6) is -0.0362. The first-order valence-electron chi connectivity index (χ1n) is 3.94. The normalized spacial score (nSPS) is 16.5. The van der Waals surface area contributed by atoms with Crippen molar-refractivity contribution in [3.8, 4) is 0 Å². The highest BCUT2D eigenvalue weighted by Crippen LogP contribution is 2.17. The van der Waals surface area contributed by atoms with Crippen LogP contribution < -0.4 is 10.6 Å². The molecule has 1 rings (SSSR count). The number of aliphatic hydroxyl groups excluding tert-OH is 1. The van der Waals surface area contributed by atoms with Gasteiger partial charge in [0.15, 0.2) is 0 Å². The second kappa shape index (κ2) is 4.31. The summed E-state index contributed by atoms with van der Waals surface area (Å²) in [4.78, 5) is 10.8. The van der Waals surface area contributed by atoms with Gasteiger partial charge in [-0.15, -0.1) is 0 Å². The van der Waals surface area contributed by atoms with E-state index in [1.54, 1.807) is 0 Å². The van der Waals surface area contributed by atoms with Crippen molar-refractivity contribution in [1.29, 1.82) is 0 Å². The Morgan fingerprint density at radius 2 is 2.27 bits per heavy atom. The van der Waals surface area contributed by atoms with E-state index in [2.05, 4.69) is 10.6 Å². The van der Waals surface area contributed by atoms with Gasteiger partial charge in [0.1, 0.15) is 0 Å². The van der Waals surface area contributed by atoms with Crippen molar-refractivity contribution in [3.63, 3.8) is 0 Å². The molecule has 4 heteroatoms. The first-order chi connectivity index (χ1) is 5.33. The molecule has 1 fully saturated rings. The predicted octanol–water partition coefficient (Wildman–Crippen LogP) is -1.15. The highest BCUT2D eigenvalue weighted by molar-refractivity contribution is 5.78. The first-order valence-corrected chi connectivity index (χ1v) is 3.94. The van der Waals surface area contributed by atoms with E-state index < -0.39 is 0 Å². The lowest BCUT2D eigenvalue weighted by atomic mass is 10.5. The van der Waals surface area contributed by atoms with Gasteiger partial charge in [0.2, 0.25) is 5.91 Å². The second-order valence-corrected chi connectivity index (χ2v) is 2.73. The number of carbonyl (C=O) groups excluding carboxylic acids is 1. The van der Waals surface area contributed by atoms with Crippen LogP contribution in [0.3, 0.4) is 0 Å². The van der Waals surface area contributed by atoms with Gasteiger partial charge in [0.25, 0.3) is 0 Å². The molecule has 0 atom stereocenters. The number of carbonyl (C=O) groups is 1. The number of nitrogens with one attached hydrogen (secondary N) is 2. The Hall–Kier alpha value is -0.610. The van der Waals surface area contributed by atoms with Crippen molar-refractivity contribution < 1.29 is 9.90 Å². The van der Waals surface area contributed by atoms with E-state index in [9.17, 15) is 4.79 Å². The van der Waals surface area contributed by atoms with E-state index in [0.717, 1.165) is 0 Å². The molecule has 1 aliphatic carbocycles. The van der Waals surface area contributed by atoms with Gasteiger partial charge in [0, 0.05) is 12.6 Å². The third-order valence-corrected chi connectivity index (χ3v) is 1.56. The third kappa shape index (κ3) is 3.95. The molecule has 0 aromatic rings. The van der Waals surface area contributed by atoms with E-state index in [4.69, 9.17) is 5.11 Å². The molecule has 1 amide bonds. The van der Waals surface area contributed by atoms with E-state index in [1.807, 2.05) is 0 Å². The van der Waals surface area contributed by atoms with Crippen LogP contribution in [0.4, 0.5) is 0 Å². The van der Waals surface area contributed by atoms with Crippen LogP contribution in [0.15, 0.2) is 0 Å². The summed E-state index contributed by atoms with van der Waals surface area (Å²) >= 11 is 0. The van der Waals surface area contributed by atoms with Gasteiger partial charge in [-0.05, 0) is 12.8 Å². The molecule has 11 heavy (non-hydrogen) atoms. The lowest BCUT2D eigenvalue weighted by molar-refractivity contribution is -0.120. The molecule has 0 unspecified atom stereocenters. The Morgan fingerprint density at radius 1 is 1.55 bits per heavy atom. The number of aliphatic hydroxyl groups is 1. The summed E-state index contributed by atoms with van der Waals surface area (Å²) in [6.45, 7) is 0.741. The minimum absolute atomic E-state index is 0.00910. The molecule has 4 nitrogen and oxygen atoms in total. The Labute approximate surface area is 66.0 Å². The highest BCUT2D eigenvalue weighted by atomic mass is 16.3. The van der Waals surface area contributed by atoms with Crippen molar-refractivity contribution in [2.45, 2.75) is 18.9 Å². The molecule has 0 saturated heterocycles. The Bertz CT molecular complexity index is 134. The molecular formula is C7H14N2O2. The molecule has 0 aromatic carbocycles. The SMILES string of the molecule is O=C(CNC1CC1)NCCO. The maximum absolute atomic E-state index is 10.8. The quantitative estimate of drug-likeness (QED) is 0.473. The average molecular weight is 158 g/mol. The fourth-order valence-corrected chi connectivity index (χ4v) is 0.782. The largest absolute Gasteiger partial charge is 0.395 e. The van der Waals surface area contributed by atoms with E-state index in [-0.39, 0.29) is 12.5 Å². The average Bonchev–Trinajstić information content (AvgIpc) is 2.80. The van der Waals surface area contributed by atoms with Gasteiger partial charge in [-0.1, -0.05) is 0 Å². The monoisotopic (exact) mass is 158 g/mol. The van der Waals surface area contributed by atoms with Crippen molar-refractivity contribution in [1.82, 2.24) is 10.6 Å². The van der Waals surface area contributed by atoms with E-state index in [0.29, 0.717) is 19.1 Å². The first kappa shape index (κ1) is 8.49. The zero-order valence-electron chi connectivity index (χ0n) is 6.47. The molecule has 0 bridgehead atoms. The lowest BCUT2D eigenvalue weighted by Crippen LogP contribution is -2.36. The summed E-state index contributed by atoms with van der Waals surface area (Å²) in [6.07, 6.45) is 2.38. The van der Waals surface area contributed by atoms with Crippen molar-refractivity contribution in [2.75, 3.05) is 19.7 Å². The fourth-order valence-electron chi connectivity index (χ4n) is 0.782. The maximum Gasteiger partial charge on any atom is 0.234 e. The van der Waals surface area contributed by atoms with Crippen LogP contribution in [0.25, 0.3) is 0 Å². The topological polar surface area (TPSA) is 61.4 Å². The van der Waals surface area contributed by atoms with Gasteiger partial charge in [-0.2, -0.15) is 0 Å². The van der Waals surface area contributed by atoms with Gasteiger partial charge in [0.05, 0.1) is 13.2 Å². The molecule has 0 radical (unpaired) electrons. The van der Waals surface area contributed by atoms with Crippen molar-refractivity contribution in [3.05, 3.63) is 0 Å². The molecule has 1 aliphatic rings. The molecular weight excluding hydrogens is 144 g/mol. The van der Waals surface area contributed by atoms with Gasteiger partial charge < -0.3 is 15.7 Å². The minimum atomic E-state index is -0.0362. The van der Waals surface area contributed by atoms with Crippen LogP contribution in [-0.2, 0) is 4.79 Å². The number of rotatable bonds is 5. The molecule has 3 N–H and O–H groups in total. The molecule has 0 aliphatic heterocycles. The lowest BCUT2D eigenvalue weighted by Gasteiger charge is -2.02. The second-order valence-electron chi connectivity index (χ2n) is 2.73. The molecule has 1 saturated carbocycles. The standard InChI is InChI=1S/C7H14N2O2/c10-4-3-8-7(11)5-9-6-1-2-6/h6,9-10H,1-5H2,(H,8,11). The summed E-state index contributed by atoms with van der Waals surface area (Å²) in [7, 11) is 0. The number of hydrogen-bond acceptors (Lipinski definition) is 3. The van der Waals surface area contributed by atoms with Crippen LogP contribution in [0.1, 0.15) is 12.8 Å². The minimum Gasteiger partial charge on any atom is -0.395 e. The predicted molar refractivity (Wildman–Crippen MR) is 41.1 cm³/mol. The Balaban J connectivity index is 1.91. The van der Waals surface area contributed by atoms with Gasteiger partial charge in [-0.3, -0.25) is 4.79 Å². The smallest absolute Gasteiger partial charge is 0.234 e. The molecule has 0 heterocycles. The Kier molecular flexibility index (Phi) is 3.32. The Morgan fingerprint density at radius 3 is 2.82 bits per heavy atom. The summed E-state index contributed by atoms with van der Waals surface area (Å²) in [5.41, 5.74) is 0. The number of amides is 1. The summed E-state index contributed by atoms with van der Waals surface area (Å²) < 4.78 is 0. The third-order valence-electron chi connectivity index (χ3n) is 1.56. The van der Waals surface area contributed by atoms with E-state index >= 15 is 0 Å². The van der Waals surface area contributed by atoms with Crippen LogP contribution in [0.2, 0.25) is 0 Å². The highest BCUT2D eigenvalue weighted by Gasteiger charge is 2.20. The molecule has 0 spiro atoms. The number of hydrogen-bond donors (Lipinski definition) is 3. The molecule has 64 valence electrons.